The van der Waals surface area contributed by atoms with E-state index in [1.54, 1.807) is 0 Å². The van der Waals surface area contributed by atoms with Crippen molar-refractivity contribution in [2.75, 3.05) is 13.6 Å². The Balaban J connectivity index is 1.92. The van der Waals surface area contributed by atoms with E-state index >= 15 is 0 Å². The van der Waals surface area contributed by atoms with Crippen LogP contribution >= 0.6 is 0 Å². The van der Waals surface area contributed by atoms with Gasteiger partial charge >= 0.3 is 0 Å². The highest BCUT2D eigenvalue weighted by molar-refractivity contribution is 4.86. The first-order valence-electron chi connectivity index (χ1n) is 7.25. The maximum absolute atomic E-state index is 5.93. The quantitative estimate of drug-likeness (QED) is 0.798. The average molecular weight is 224 g/mol. The van der Waals surface area contributed by atoms with Gasteiger partial charge < -0.3 is 10.6 Å². The van der Waals surface area contributed by atoms with Crippen LogP contribution in [0.4, 0.5) is 0 Å². The third-order valence-corrected chi connectivity index (χ3v) is 4.85. The van der Waals surface area contributed by atoms with E-state index in [-0.39, 0.29) is 0 Å². The van der Waals surface area contributed by atoms with Crippen LogP contribution in [0.1, 0.15) is 57.8 Å². The maximum Gasteiger partial charge on any atom is 0.0135 e. The summed E-state index contributed by atoms with van der Waals surface area (Å²) in [5, 5.41) is 0. The lowest BCUT2D eigenvalue weighted by molar-refractivity contribution is 0.0738. The van der Waals surface area contributed by atoms with E-state index in [4.69, 9.17) is 5.73 Å². The Kier molecular flexibility index (Phi) is 4.66. The van der Waals surface area contributed by atoms with Gasteiger partial charge in [0.2, 0.25) is 0 Å². The summed E-state index contributed by atoms with van der Waals surface area (Å²) in [5.74, 6) is 0.765. The van der Waals surface area contributed by atoms with Gasteiger partial charge in [-0.25, -0.2) is 0 Å². The molecule has 16 heavy (non-hydrogen) atoms. The molecule has 2 aliphatic carbocycles. The number of hydrogen-bond donors (Lipinski definition) is 1. The monoisotopic (exact) mass is 224 g/mol. The second-order valence-electron chi connectivity index (χ2n) is 5.80. The molecular formula is C14H28N2. The minimum atomic E-state index is 0.765. The first-order valence-corrected chi connectivity index (χ1v) is 7.25. The molecule has 0 spiro atoms. The van der Waals surface area contributed by atoms with E-state index < -0.39 is 0 Å². The Bertz CT molecular complexity index is 199. The fraction of sp³-hybridized carbons (Fsp3) is 1.00. The van der Waals surface area contributed by atoms with Crippen molar-refractivity contribution < 1.29 is 0 Å². The molecule has 0 amide bonds. The maximum atomic E-state index is 5.93. The van der Waals surface area contributed by atoms with Gasteiger partial charge in [-0.15, -0.1) is 0 Å². The smallest absolute Gasteiger partial charge is 0.0135 e. The van der Waals surface area contributed by atoms with Gasteiger partial charge in [-0.3, -0.25) is 0 Å². The van der Waals surface area contributed by atoms with Crippen LogP contribution in [0.15, 0.2) is 0 Å². The Morgan fingerprint density at radius 3 is 2.25 bits per heavy atom. The van der Waals surface area contributed by atoms with Crippen LogP contribution in [0.2, 0.25) is 0 Å². The highest BCUT2D eigenvalue weighted by Crippen LogP contribution is 2.31. The van der Waals surface area contributed by atoms with Gasteiger partial charge in [0.15, 0.2) is 0 Å². The van der Waals surface area contributed by atoms with Gasteiger partial charge in [-0.1, -0.05) is 32.1 Å². The number of hydrogen-bond acceptors (Lipinski definition) is 2. The lowest BCUT2D eigenvalue weighted by atomic mass is 9.82. The lowest BCUT2D eigenvalue weighted by Gasteiger charge is -2.43. The predicted molar refractivity (Wildman–Crippen MR) is 69.4 cm³/mol. The minimum Gasteiger partial charge on any atom is -0.330 e. The van der Waals surface area contributed by atoms with Crippen LogP contribution in [0.25, 0.3) is 0 Å². The van der Waals surface area contributed by atoms with E-state index in [9.17, 15) is 0 Å². The van der Waals surface area contributed by atoms with Crippen molar-refractivity contribution in [3.8, 4) is 0 Å². The zero-order valence-corrected chi connectivity index (χ0v) is 10.8. The molecule has 2 fully saturated rings. The summed E-state index contributed by atoms with van der Waals surface area (Å²) in [5.41, 5.74) is 5.93. The zero-order chi connectivity index (χ0) is 11.4. The molecule has 2 N–H and O–H groups in total. The summed E-state index contributed by atoms with van der Waals surface area (Å²) in [6.45, 7) is 0.891. The normalized spacial score (nSPS) is 33.2. The molecule has 2 rings (SSSR count). The van der Waals surface area contributed by atoms with E-state index in [1.165, 1.54) is 57.8 Å². The van der Waals surface area contributed by atoms with Crippen LogP contribution in [0.5, 0.6) is 0 Å². The molecule has 2 nitrogen and oxygen atoms in total. The molecule has 2 aliphatic rings. The Labute approximate surface area is 101 Å². The van der Waals surface area contributed by atoms with Crippen molar-refractivity contribution in [2.24, 2.45) is 11.7 Å². The summed E-state index contributed by atoms with van der Waals surface area (Å²) in [7, 11) is 2.36. The Morgan fingerprint density at radius 1 is 0.938 bits per heavy atom. The largest absolute Gasteiger partial charge is 0.330 e. The van der Waals surface area contributed by atoms with Crippen LogP contribution in [0.3, 0.4) is 0 Å². The second-order valence-corrected chi connectivity index (χ2v) is 5.80. The first kappa shape index (κ1) is 12.4. The predicted octanol–water partition coefficient (Wildman–Crippen LogP) is 2.77. The molecule has 0 aromatic heterocycles. The minimum absolute atomic E-state index is 0.765. The molecule has 2 saturated carbocycles. The molecule has 0 saturated heterocycles. The van der Waals surface area contributed by atoms with E-state index in [2.05, 4.69) is 11.9 Å². The van der Waals surface area contributed by atoms with E-state index in [0.29, 0.717) is 0 Å². The summed E-state index contributed by atoms with van der Waals surface area (Å²) >= 11 is 0. The standard InChI is InChI=1S/C14H28N2/c1-16(13-8-3-2-4-9-13)14-10-6-5-7-12(14)11-15/h12-14H,2-11,15H2,1H3. The lowest BCUT2D eigenvalue weighted by Crippen LogP contribution is -2.48. The van der Waals surface area contributed by atoms with Crippen LogP contribution < -0.4 is 5.73 Å². The van der Waals surface area contributed by atoms with Crippen molar-refractivity contribution in [3.05, 3.63) is 0 Å². The van der Waals surface area contributed by atoms with Crippen LogP contribution in [0, 0.1) is 5.92 Å². The van der Waals surface area contributed by atoms with Crippen LogP contribution in [-0.4, -0.2) is 30.6 Å². The molecular weight excluding hydrogens is 196 g/mol. The summed E-state index contributed by atoms with van der Waals surface area (Å²) < 4.78 is 0. The van der Waals surface area contributed by atoms with Crippen molar-refractivity contribution in [2.45, 2.75) is 69.9 Å². The second kappa shape index (κ2) is 6.02. The van der Waals surface area contributed by atoms with E-state index in [1.807, 2.05) is 0 Å². The Hall–Kier alpha value is -0.0800. The molecule has 0 bridgehead atoms. The van der Waals surface area contributed by atoms with Gasteiger partial charge in [0.05, 0.1) is 0 Å². The van der Waals surface area contributed by atoms with E-state index in [0.717, 1.165) is 24.5 Å². The number of rotatable bonds is 3. The number of nitrogens with two attached hydrogens (primary N) is 1. The van der Waals surface area contributed by atoms with Gasteiger partial charge in [0, 0.05) is 12.1 Å². The zero-order valence-electron chi connectivity index (χ0n) is 10.8. The van der Waals surface area contributed by atoms with Crippen molar-refractivity contribution >= 4 is 0 Å². The number of nitrogens with zero attached hydrogens (tertiary/aromatic N) is 1. The Morgan fingerprint density at radius 2 is 1.56 bits per heavy atom. The SMILES string of the molecule is CN(C1CCCCC1)C1CCCCC1CN. The molecule has 0 aliphatic heterocycles. The van der Waals surface area contributed by atoms with Crippen molar-refractivity contribution in [3.63, 3.8) is 0 Å². The van der Waals surface area contributed by atoms with Gasteiger partial charge in [0.1, 0.15) is 0 Å². The molecule has 0 radical (unpaired) electrons. The molecule has 94 valence electrons. The fourth-order valence-corrected chi connectivity index (χ4v) is 3.76. The summed E-state index contributed by atoms with van der Waals surface area (Å²) in [6.07, 6.45) is 12.7. The summed E-state index contributed by atoms with van der Waals surface area (Å²) in [4.78, 5) is 2.69. The molecule has 0 heterocycles. The highest BCUT2D eigenvalue weighted by Gasteiger charge is 2.31. The molecule has 0 aromatic rings. The van der Waals surface area contributed by atoms with Gasteiger partial charge in [0.25, 0.3) is 0 Å². The van der Waals surface area contributed by atoms with Crippen LogP contribution in [-0.2, 0) is 0 Å². The molecule has 0 aromatic carbocycles. The first-order chi connectivity index (χ1) is 7.83. The fourth-order valence-electron chi connectivity index (χ4n) is 3.76. The molecule has 2 atom stereocenters. The van der Waals surface area contributed by atoms with Crippen molar-refractivity contribution in [1.29, 1.82) is 0 Å². The topological polar surface area (TPSA) is 29.3 Å². The average Bonchev–Trinajstić information content (AvgIpc) is 2.39. The molecule has 2 heteroatoms. The third-order valence-electron chi connectivity index (χ3n) is 4.85. The van der Waals surface area contributed by atoms with Gasteiger partial charge in [-0.2, -0.15) is 0 Å². The van der Waals surface area contributed by atoms with Crippen molar-refractivity contribution in [1.82, 2.24) is 4.90 Å². The summed E-state index contributed by atoms with van der Waals surface area (Å²) in [6, 6.07) is 1.63. The highest BCUT2D eigenvalue weighted by atomic mass is 15.2. The third kappa shape index (κ3) is 2.78. The van der Waals surface area contributed by atoms with Gasteiger partial charge in [-0.05, 0) is 45.2 Å². The molecule has 2 unspecified atom stereocenters.